The molecule has 0 bridgehead atoms. The van der Waals surface area contributed by atoms with Gasteiger partial charge in [0.1, 0.15) is 6.61 Å². The van der Waals surface area contributed by atoms with E-state index in [1.54, 1.807) is 18.9 Å². The molecule has 0 spiro atoms. The first kappa shape index (κ1) is 16.7. The average molecular weight is 339 g/mol. The Morgan fingerprint density at radius 3 is 2.62 bits per heavy atom. The minimum Gasteiger partial charge on any atom is -0.377 e. The highest BCUT2D eigenvalue weighted by atomic mass is 32.2. The lowest BCUT2D eigenvalue weighted by Gasteiger charge is -2.11. The van der Waals surface area contributed by atoms with Crippen molar-refractivity contribution in [3.63, 3.8) is 0 Å². The molecule has 0 aliphatic rings. The number of benzene rings is 2. The summed E-state index contributed by atoms with van der Waals surface area (Å²) in [6, 6.07) is 16.8. The van der Waals surface area contributed by atoms with E-state index in [1.165, 1.54) is 16.7 Å². The predicted octanol–water partition coefficient (Wildman–Crippen LogP) is 4.32. The van der Waals surface area contributed by atoms with Gasteiger partial charge in [-0.1, -0.05) is 48.2 Å². The molecule has 3 rings (SSSR count). The predicted molar refractivity (Wildman–Crippen MR) is 97.5 cm³/mol. The first-order valence-electron chi connectivity index (χ1n) is 7.86. The molecule has 0 saturated heterocycles. The minimum absolute atomic E-state index is 0.436. The van der Waals surface area contributed by atoms with Gasteiger partial charge in [-0.25, -0.2) is 0 Å². The highest BCUT2D eigenvalue weighted by Crippen LogP contribution is 2.27. The molecule has 3 aromatic rings. The molecule has 0 atom stereocenters. The molecular weight excluding hydrogens is 318 g/mol. The van der Waals surface area contributed by atoms with E-state index in [4.69, 9.17) is 4.74 Å². The van der Waals surface area contributed by atoms with Crippen LogP contribution < -0.4 is 0 Å². The summed E-state index contributed by atoms with van der Waals surface area (Å²) in [5, 5.41) is 9.58. The maximum Gasteiger partial charge on any atom is 0.196 e. The number of ether oxygens (including phenoxy) is 1. The van der Waals surface area contributed by atoms with Crippen molar-refractivity contribution >= 4 is 11.8 Å². The van der Waals surface area contributed by atoms with Crippen LogP contribution in [0.4, 0.5) is 0 Å². The number of aromatic nitrogens is 3. The van der Waals surface area contributed by atoms with E-state index in [0.29, 0.717) is 6.61 Å². The van der Waals surface area contributed by atoms with Crippen LogP contribution >= 0.6 is 11.8 Å². The Bertz CT molecular complexity index is 829. The topological polar surface area (TPSA) is 39.9 Å². The molecule has 4 nitrogen and oxygen atoms in total. The summed E-state index contributed by atoms with van der Waals surface area (Å²) in [6.07, 6.45) is 0. The maximum absolute atomic E-state index is 5.28. The van der Waals surface area contributed by atoms with Crippen LogP contribution in [-0.2, 0) is 17.1 Å². The summed E-state index contributed by atoms with van der Waals surface area (Å²) in [4.78, 5) is 0. The van der Waals surface area contributed by atoms with Gasteiger partial charge >= 0.3 is 0 Å². The number of nitrogens with zero attached hydrogens (tertiary/aromatic N) is 3. The second-order valence-corrected chi connectivity index (χ2v) is 6.66. The van der Waals surface area contributed by atoms with Gasteiger partial charge in [0.2, 0.25) is 0 Å². The quantitative estimate of drug-likeness (QED) is 0.627. The third-order valence-electron chi connectivity index (χ3n) is 3.85. The van der Waals surface area contributed by atoms with E-state index in [9.17, 15) is 0 Å². The Morgan fingerprint density at radius 2 is 1.88 bits per heavy atom. The Hall–Kier alpha value is -2.11. The number of hydrogen-bond acceptors (Lipinski definition) is 4. The zero-order valence-electron chi connectivity index (χ0n) is 14.2. The summed E-state index contributed by atoms with van der Waals surface area (Å²) in [6.45, 7) is 4.66. The molecule has 0 saturated carbocycles. The van der Waals surface area contributed by atoms with E-state index >= 15 is 0 Å². The first-order chi connectivity index (χ1) is 11.7. The Balaban J connectivity index is 1.92. The van der Waals surface area contributed by atoms with Crippen LogP contribution in [0.15, 0.2) is 53.7 Å². The second kappa shape index (κ2) is 7.64. The van der Waals surface area contributed by atoms with Gasteiger partial charge in [-0.2, -0.15) is 0 Å². The molecule has 0 amide bonds. The Morgan fingerprint density at radius 1 is 1.04 bits per heavy atom. The van der Waals surface area contributed by atoms with Crippen LogP contribution in [0.25, 0.3) is 5.69 Å². The molecule has 0 aliphatic carbocycles. The average Bonchev–Trinajstić information content (AvgIpc) is 2.97. The number of hydrogen-bond donors (Lipinski definition) is 0. The summed E-state index contributed by atoms with van der Waals surface area (Å²) < 4.78 is 7.37. The van der Waals surface area contributed by atoms with Crippen molar-refractivity contribution in [2.45, 2.75) is 31.4 Å². The van der Waals surface area contributed by atoms with Crippen LogP contribution in [0.3, 0.4) is 0 Å². The smallest absolute Gasteiger partial charge is 0.196 e. The van der Waals surface area contributed by atoms with Crippen LogP contribution in [-0.4, -0.2) is 21.9 Å². The van der Waals surface area contributed by atoms with Gasteiger partial charge in [-0.15, -0.1) is 10.2 Å². The monoisotopic (exact) mass is 339 g/mol. The highest BCUT2D eigenvalue weighted by molar-refractivity contribution is 7.98. The third kappa shape index (κ3) is 3.68. The second-order valence-electron chi connectivity index (χ2n) is 5.72. The van der Waals surface area contributed by atoms with Gasteiger partial charge in [-0.05, 0) is 42.7 Å². The zero-order valence-corrected chi connectivity index (χ0v) is 15.0. The van der Waals surface area contributed by atoms with E-state index < -0.39 is 0 Å². The van der Waals surface area contributed by atoms with Crippen LogP contribution in [0.5, 0.6) is 0 Å². The Kier molecular flexibility index (Phi) is 5.33. The van der Waals surface area contributed by atoms with Crippen molar-refractivity contribution in [3.8, 4) is 5.69 Å². The molecule has 124 valence electrons. The lowest BCUT2D eigenvalue weighted by atomic mass is 10.1. The fourth-order valence-corrected chi connectivity index (χ4v) is 3.60. The molecule has 24 heavy (non-hydrogen) atoms. The van der Waals surface area contributed by atoms with Crippen molar-refractivity contribution in [2.24, 2.45) is 0 Å². The number of methoxy groups -OCH3 is 1. The van der Waals surface area contributed by atoms with Crippen molar-refractivity contribution in [1.82, 2.24) is 14.8 Å². The number of aryl methyl sites for hydroxylation is 2. The van der Waals surface area contributed by atoms with Crippen LogP contribution in [0.1, 0.15) is 22.5 Å². The van der Waals surface area contributed by atoms with Crippen molar-refractivity contribution in [1.29, 1.82) is 0 Å². The van der Waals surface area contributed by atoms with E-state index in [1.807, 2.05) is 0 Å². The molecule has 1 aromatic heterocycles. The molecule has 0 radical (unpaired) electrons. The molecule has 0 fully saturated rings. The largest absolute Gasteiger partial charge is 0.377 e. The Labute approximate surface area is 146 Å². The van der Waals surface area contributed by atoms with Gasteiger partial charge in [0, 0.05) is 18.6 Å². The minimum atomic E-state index is 0.436. The van der Waals surface area contributed by atoms with E-state index in [-0.39, 0.29) is 0 Å². The van der Waals surface area contributed by atoms with Gasteiger partial charge < -0.3 is 4.74 Å². The fraction of sp³-hybridized carbons (Fsp3) is 0.263. The zero-order chi connectivity index (χ0) is 16.9. The molecule has 1 heterocycles. The van der Waals surface area contributed by atoms with Gasteiger partial charge in [0.05, 0.1) is 0 Å². The standard InChI is InChI=1S/C19H21N3OS/c1-14-7-6-10-17(11-14)22-18(12-23-3)20-21-19(22)24-13-16-9-5-4-8-15(16)2/h4-11H,12-13H2,1-3H3. The van der Waals surface area contributed by atoms with E-state index in [0.717, 1.165) is 22.4 Å². The summed E-state index contributed by atoms with van der Waals surface area (Å²) >= 11 is 1.70. The van der Waals surface area contributed by atoms with Crippen LogP contribution in [0.2, 0.25) is 0 Å². The molecule has 2 aromatic carbocycles. The summed E-state index contributed by atoms with van der Waals surface area (Å²) in [7, 11) is 1.68. The highest BCUT2D eigenvalue weighted by Gasteiger charge is 2.15. The normalized spacial score (nSPS) is 11.0. The third-order valence-corrected chi connectivity index (χ3v) is 4.83. The van der Waals surface area contributed by atoms with Crippen molar-refractivity contribution in [2.75, 3.05) is 7.11 Å². The van der Waals surface area contributed by atoms with Crippen molar-refractivity contribution in [3.05, 3.63) is 71.0 Å². The van der Waals surface area contributed by atoms with Gasteiger partial charge in [0.15, 0.2) is 11.0 Å². The lowest BCUT2D eigenvalue weighted by molar-refractivity contribution is 0.176. The van der Waals surface area contributed by atoms with Crippen molar-refractivity contribution < 1.29 is 4.74 Å². The molecule has 0 unspecified atom stereocenters. The first-order valence-corrected chi connectivity index (χ1v) is 8.85. The summed E-state index contributed by atoms with van der Waals surface area (Å²) in [5.41, 5.74) is 4.89. The molecular formula is C19H21N3OS. The number of thioether (sulfide) groups is 1. The lowest BCUT2D eigenvalue weighted by Crippen LogP contribution is -2.04. The SMILES string of the molecule is COCc1nnc(SCc2ccccc2C)n1-c1cccc(C)c1. The maximum atomic E-state index is 5.28. The van der Waals surface area contributed by atoms with Gasteiger partial charge in [-0.3, -0.25) is 4.57 Å². The molecule has 5 heteroatoms. The molecule has 0 N–H and O–H groups in total. The van der Waals surface area contributed by atoms with Crippen LogP contribution in [0, 0.1) is 13.8 Å². The molecule has 0 aliphatic heterocycles. The fourth-order valence-electron chi connectivity index (χ4n) is 2.56. The number of rotatable bonds is 6. The van der Waals surface area contributed by atoms with Gasteiger partial charge in [0.25, 0.3) is 0 Å². The summed E-state index contributed by atoms with van der Waals surface area (Å²) in [5.74, 6) is 1.68. The van der Waals surface area contributed by atoms with E-state index in [2.05, 4.69) is 77.1 Å².